The molecule has 0 aliphatic rings. The lowest BCUT2D eigenvalue weighted by atomic mass is 10.1. The number of hydrogen-bond acceptors (Lipinski definition) is 3. The van der Waals surface area contributed by atoms with Gasteiger partial charge in [-0.15, -0.1) is 0 Å². The van der Waals surface area contributed by atoms with Gasteiger partial charge in [0.2, 0.25) is 5.91 Å². The first-order valence-corrected chi connectivity index (χ1v) is 6.53. The quantitative estimate of drug-likeness (QED) is 0.824. The number of benzene rings is 1. The van der Waals surface area contributed by atoms with Crippen LogP contribution in [0.2, 0.25) is 0 Å². The van der Waals surface area contributed by atoms with Crippen LogP contribution in [0.4, 0.5) is 10.1 Å². The number of hydrogen-bond donors (Lipinski definition) is 2. The average molecular weight is 354 g/mol. The number of nitrogens with one attached hydrogen (secondary N) is 1. The van der Waals surface area contributed by atoms with E-state index in [9.17, 15) is 14.0 Å². The van der Waals surface area contributed by atoms with Crippen molar-refractivity contribution in [3.8, 4) is 0 Å². The van der Waals surface area contributed by atoms with E-state index < -0.39 is 23.3 Å². The molecule has 2 N–H and O–H groups in total. The molecule has 2 rings (SSSR count). The monoisotopic (exact) mass is 353 g/mol. The van der Waals surface area contributed by atoms with Crippen LogP contribution in [0.5, 0.6) is 0 Å². The molecule has 2 aromatic rings. The Hall–Kier alpha value is -2.41. The third-order valence-electron chi connectivity index (χ3n) is 2.48. The van der Waals surface area contributed by atoms with Crippen molar-refractivity contribution in [2.75, 3.05) is 5.32 Å². The van der Waals surface area contributed by atoms with Crippen LogP contribution in [0, 0.1) is 5.82 Å². The molecule has 0 saturated heterocycles. The van der Waals surface area contributed by atoms with E-state index >= 15 is 0 Å². The molecule has 0 fully saturated rings. The molecule has 0 spiro atoms. The number of rotatable bonds is 4. The van der Waals surface area contributed by atoms with Crippen LogP contribution in [0.15, 0.2) is 45.5 Å². The first kappa shape index (κ1) is 15.0. The predicted octanol–water partition coefficient (Wildman–Crippen LogP) is 3.53. The van der Waals surface area contributed by atoms with Crippen molar-refractivity contribution >= 4 is 39.6 Å². The third-order valence-corrected chi connectivity index (χ3v) is 2.90. The molecule has 1 amide bonds. The zero-order valence-corrected chi connectivity index (χ0v) is 12.1. The Morgan fingerprint density at radius 2 is 2.05 bits per heavy atom. The fourth-order valence-corrected chi connectivity index (χ4v) is 1.91. The Kier molecular flexibility index (Phi) is 4.54. The zero-order chi connectivity index (χ0) is 15.4. The van der Waals surface area contributed by atoms with Crippen LogP contribution in [-0.2, 0) is 4.79 Å². The number of aromatic carboxylic acids is 1. The second kappa shape index (κ2) is 6.36. The van der Waals surface area contributed by atoms with Crippen molar-refractivity contribution in [2.45, 2.75) is 0 Å². The van der Waals surface area contributed by atoms with Crippen molar-refractivity contribution in [1.82, 2.24) is 0 Å². The number of carboxylic acids is 1. The SMILES string of the molecule is O=C(/C=C/c1ccc(Br)o1)Nc1cccc(F)c1C(=O)O. The molecule has 7 heteroatoms. The minimum Gasteiger partial charge on any atom is -0.478 e. The number of carbonyl (C=O) groups excluding carboxylic acids is 1. The van der Waals surface area contributed by atoms with Gasteiger partial charge in [0.1, 0.15) is 17.1 Å². The van der Waals surface area contributed by atoms with Gasteiger partial charge in [-0.1, -0.05) is 6.07 Å². The van der Waals surface area contributed by atoms with E-state index in [2.05, 4.69) is 21.2 Å². The molecule has 0 aliphatic heterocycles. The van der Waals surface area contributed by atoms with Gasteiger partial charge in [-0.3, -0.25) is 4.79 Å². The molecule has 0 bridgehead atoms. The molecule has 0 atom stereocenters. The van der Waals surface area contributed by atoms with Crippen molar-refractivity contribution in [3.63, 3.8) is 0 Å². The van der Waals surface area contributed by atoms with Gasteiger partial charge in [-0.2, -0.15) is 0 Å². The number of halogens is 2. The molecule has 0 unspecified atom stereocenters. The molecule has 108 valence electrons. The standard InChI is InChI=1S/C14H9BrFNO4/c15-11-6-4-8(21-11)5-7-12(18)17-10-3-1-2-9(16)13(10)14(19)20/h1-7H,(H,17,18)(H,19,20)/b7-5+. The summed E-state index contributed by atoms with van der Waals surface area (Å²) in [5.41, 5.74) is -0.697. The van der Waals surface area contributed by atoms with E-state index in [1.807, 2.05) is 0 Å². The second-order valence-corrected chi connectivity index (χ2v) is 4.71. The number of carbonyl (C=O) groups is 2. The number of amides is 1. The third kappa shape index (κ3) is 3.79. The lowest BCUT2D eigenvalue weighted by molar-refractivity contribution is -0.111. The Bertz CT molecular complexity index is 724. The summed E-state index contributed by atoms with van der Waals surface area (Å²) < 4.78 is 19.1. The maximum absolute atomic E-state index is 13.4. The minimum atomic E-state index is -1.46. The highest BCUT2D eigenvalue weighted by Crippen LogP contribution is 2.19. The van der Waals surface area contributed by atoms with Crippen molar-refractivity contribution < 1.29 is 23.5 Å². The average Bonchev–Trinajstić information content (AvgIpc) is 2.82. The summed E-state index contributed by atoms with van der Waals surface area (Å²) >= 11 is 3.12. The molecule has 0 saturated carbocycles. The van der Waals surface area contributed by atoms with Gasteiger partial charge in [-0.05, 0) is 46.3 Å². The zero-order valence-electron chi connectivity index (χ0n) is 10.5. The highest BCUT2D eigenvalue weighted by Gasteiger charge is 2.16. The molecule has 1 heterocycles. The van der Waals surface area contributed by atoms with Gasteiger partial charge in [0, 0.05) is 6.08 Å². The van der Waals surface area contributed by atoms with Crippen molar-refractivity contribution in [3.05, 3.63) is 58.2 Å². The smallest absolute Gasteiger partial charge is 0.340 e. The molecule has 0 aliphatic carbocycles. The van der Waals surface area contributed by atoms with Crippen molar-refractivity contribution in [2.24, 2.45) is 0 Å². The highest BCUT2D eigenvalue weighted by molar-refractivity contribution is 9.10. The van der Waals surface area contributed by atoms with Gasteiger partial charge < -0.3 is 14.8 Å². The van der Waals surface area contributed by atoms with Crippen LogP contribution in [0.1, 0.15) is 16.1 Å². The summed E-state index contributed by atoms with van der Waals surface area (Å²) in [7, 11) is 0. The Balaban J connectivity index is 2.15. The van der Waals surface area contributed by atoms with Crippen LogP contribution in [0.25, 0.3) is 6.08 Å². The summed E-state index contributed by atoms with van der Waals surface area (Å²) in [5, 5.41) is 11.3. The molecular weight excluding hydrogens is 345 g/mol. The number of anilines is 1. The van der Waals surface area contributed by atoms with Crippen LogP contribution >= 0.6 is 15.9 Å². The van der Waals surface area contributed by atoms with Gasteiger partial charge in [-0.25, -0.2) is 9.18 Å². The topological polar surface area (TPSA) is 79.5 Å². The van der Waals surface area contributed by atoms with Crippen LogP contribution in [0.3, 0.4) is 0 Å². The van der Waals surface area contributed by atoms with E-state index in [1.54, 1.807) is 12.1 Å². The summed E-state index contributed by atoms with van der Waals surface area (Å²) in [6.45, 7) is 0. The largest absolute Gasteiger partial charge is 0.478 e. The van der Waals surface area contributed by atoms with E-state index in [4.69, 9.17) is 9.52 Å². The second-order valence-electron chi connectivity index (χ2n) is 3.93. The molecule has 1 aromatic carbocycles. The normalized spacial score (nSPS) is 10.8. The van der Waals surface area contributed by atoms with E-state index in [0.29, 0.717) is 10.4 Å². The molecular formula is C14H9BrFNO4. The van der Waals surface area contributed by atoms with Crippen molar-refractivity contribution in [1.29, 1.82) is 0 Å². The maximum Gasteiger partial charge on any atom is 0.340 e. The van der Waals surface area contributed by atoms with Gasteiger partial charge in [0.15, 0.2) is 4.67 Å². The van der Waals surface area contributed by atoms with E-state index in [-0.39, 0.29) is 5.69 Å². The first-order valence-electron chi connectivity index (χ1n) is 5.73. The number of carboxylic acid groups (broad SMARTS) is 1. The van der Waals surface area contributed by atoms with Crippen LogP contribution < -0.4 is 5.32 Å². The maximum atomic E-state index is 13.4. The van der Waals surface area contributed by atoms with Gasteiger partial charge in [0.25, 0.3) is 0 Å². The molecule has 0 radical (unpaired) electrons. The lowest BCUT2D eigenvalue weighted by Gasteiger charge is -2.06. The molecule has 21 heavy (non-hydrogen) atoms. The van der Waals surface area contributed by atoms with E-state index in [1.165, 1.54) is 18.2 Å². The number of furan rings is 1. The summed E-state index contributed by atoms with van der Waals surface area (Å²) in [6.07, 6.45) is 2.56. The first-order chi connectivity index (χ1) is 9.97. The molecule has 1 aromatic heterocycles. The summed E-state index contributed by atoms with van der Waals surface area (Å²) in [6, 6.07) is 6.92. The Labute approximate surface area is 127 Å². The van der Waals surface area contributed by atoms with Crippen LogP contribution in [-0.4, -0.2) is 17.0 Å². The van der Waals surface area contributed by atoms with E-state index in [0.717, 1.165) is 12.1 Å². The fourth-order valence-electron chi connectivity index (χ4n) is 1.60. The fraction of sp³-hybridized carbons (Fsp3) is 0. The summed E-state index contributed by atoms with van der Waals surface area (Å²) in [4.78, 5) is 22.7. The lowest BCUT2D eigenvalue weighted by Crippen LogP contribution is -2.13. The molecule has 5 nitrogen and oxygen atoms in total. The Morgan fingerprint density at radius 3 is 2.67 bits per heavy atom. The van der Waals surface area contributed by atoms with Gasteiger partial charge in [0.05, 0.1) is 5.69 Å². The minimum absolute atomic E-state index is 0.113. The predicted molar refractivity (Wildman–Crippen MR) is 77.4 cm³/mol. The highest BCUT2D eigenvalue weighted by atomic mass is 79.9. The Morgan fingerprint density at radius 1 is 1.29 bits per heavy atom. The summed E-state index contributed by atoms with van der Waals surface area (Å²) in [5.74, 6) is -2.54. The van der Waals surface area contributed by atoms with Gasteiger partial charge >= 0.3 is 5.97 Å².